The minimum atomic E-state index is 0.805. The number of anilines is 1. The summed E-state index contributed by atoms with van der Waals surface area (Å²) >= 11 is 11.5. The van der Waals surface area contributed by atoms with Gasteiger partial charge in [-0.1, -0.05) is 39.7 Å². The third-order valence-corrected chi connectivity index (χ3v) is 4.24. The Kier molecular flexibility index (Phi) is 4.48. The molecule has 4 heteroatoms. The molecule has 0 unspecified atom stereocenters. The van der Waals surface area contributed by atoms with E-state index in [1.54, 1.807) is 11.3 Å². The molecule has 0 saturated heterocycles. The number of alkyl halides is 1. The molecule has 0 N–H and O–H groups in total. The second-order valence-corrected chi connectivity index (χ2v) is 5.62. The van der Waals surface area contributed by atoms with Crippen LogP contribution in [0.2, 0.25) is 5.02 Å². The summed E-state index contributed by atoms with van der Waals surface area (Å²) in [5, 5.41) is 5.89. The van der Waals surface area contributed by atoms with Crippen molar-refractivity contribution >= 4 is 44.6 Å². The first-order chi connectivity index (χ1) is 8.22. The van der Waals surface area contributed by atoms with Gasteiger partial charge < -0.3 is 4.90 Å². The van der Waals surface area contributed by atoms with Gasteiger partial charge in [0.05, 0.1) is 10.7 Å². The summed E-state index contributed by atoms with van der Waals surface area (Å²) in [6.07, 6.45) is 0. The quantitative estimate of drug-likeness (QED) is 0.718. The van der Waals surface area contributed by atoms with Crippen LogP contribution in [-0.2, 0) is 11.9 Å². The third kappa shape index (κ3) is 3.03. The average Bonchev–Trinajstić information content (AvgIpc) is 2.81. The fourth-order valence-electron chi connectivity index (χ4n) is 1.83. The van der Waals surface area contributed by atoms with Gasteiger partial charge in [0, 0.05) is 18.9 Å². The van der Waals surface area contributed by atoms with E-state index in [0.29, 0.717) is 0 Å². The van der Waals surface area contributed by atoms with Crippen molar-refractivity contribution in [2.45, 2.75) is 11.9 Å². The van der Waals surface area contributed by atoms with Crippen LogP contribution in [-0.4, -0.2) is 7.05 Å². The predicted octanol–water partition coefficient (Wildman–Crippen LogP) is 4.93. The molecule has 1 nitrogen and oxygen atoms in total. The van der Waals surface area contributed by atoms with Crippen LogP contribution in [0.5, 0.6) is 0 Å². The van der Waals surface area contributed by atoms with Crippen molar-refractivity contribution in [2.75, 3.05) is 11.9 Å². The number of para-hydroxylation sites is 1. The van der Waals surface area contributed by atoms with Crippen LogP contribution in [0.4, 0.5) is 5.69 Å². The first-order valence-electron chi connectivity index (χ1n) is 5.28. The molecule has 0 spiro atoms. The van der Waals surface area contributed by atoms with E-state index in [1.807, 2.05) is 12.1 Å². The highest BCUT2D eigenvalue weighted by Crippen LogP contribution is 2.31. The van der Waals surface area contributed by atoms with Gasteiger partial charge in [-0.3, -0.25) is 0 Å². The van der Waals surface area contributed by atoms with Crippen LogP contribution >= 0.6 is 38.9 Å². The molecule has 0 aliphatic rings. The standard InChI is InChI=1S/C13H13BrClNS/c1-16(8-10-5-6-17-9-10)13-11(7-14)3-2-4-12(13)15/h2-6,9H,7-8H2,1H3. The smallest absolute Gasteiger partial charge is 0.0642 e. The predicted molar refractivity (Wildman–Crippen MR) is 80.5 cm³/mol. The number of benzene rings is 1. The van der Waals surface area contributed by atoms with Crippen LogP contribution in [0.15, 0.2) is 35.0 Å². The number of hydrogen-bond acceptors (Lipinski definition) is 2. The Labute approximate surface area is 119 Å². The first kappa shape index (κ1) is 12.9. The summed E-state index contributed by atoms with van der Waals surface area (Å²) < 4.78 is 0. The molecule has 0 atom stereocenters. The van der Waals surface area contributed by atoms with Crippen molar-refractivity contribution in [3.05, 3.63) is 51.2 Å². The Morgan fingerprint density at radius 1 is 1.35 bits per heavy atom. The average molecular weight is 331 g/mol. The van der Waals surface area contributed by atoms with Crippen molar-refractivity contribution in [2.24, 2.45) is 0 Å². The van der Waals surface area contributed by atoms with Gasteiger partial charge in [0.15, 0.2) is 0 Å². The zero-order valence-corrected chi connectivity index (χ0v) is 12.6. The first-order valence-corrected chi connectivity index (χ1v) is 7.72. The molecule has 2 aromatic rings. The highest BCUT2D eigenvalue weighted by atomic mass is 79.9. The molecule has 0 bridgehead atoms. The molecular weight excluding hydrogens is 318 g/mol. The van der Waals surface area contributed by atoms with Gasteiger partial charge in [-0.2, -0.15) is 11.3 Å². The Balaban J connectivity index is 2.26. The molecule has 2 rings (SSSR count). The third-order valence-electron chi connectivity index (χ3n) is 2.60. The molecule has 0 amide bonds. The van der Waals surface area contributed by atoms with E-state index in [-0.39, 0.29) is 0 Å². The second kappa shape index (κ2) is 5.89. The highest BCUT2D eigenvalue weighted by molar-refractivity contribution is 9.08. The van der Waals surface area contributed by atoms with E-state index in [1.165, 1.54) is 11.1 Å². The molecule has 1 heterocycles. The number of thiophene rings is 1. The molecule has 90 valence electrons. The lowest BCUT2D eigenvalue weighted by molar-refractivity contribution is 0.921. The lowest BCUT2D eigenvalue weighted by atomic mass is 10.1. The molecular formula is C13H13BrClNS. The van der Waals surface area contributed by atoms with E-state index in [0.717, 1.165) is 22.6 Å². The number of hydrogen-bond donors (Lipinski definition) is 0. The Hall–Kier alpha value is -0.510. The van der Waals surface area contributed by atoms with Crippen molar-refractivity contribution in [3.63, 3.8) is 0 Å². The van der Waals surface area contributed by atoms with E-state index >= 15 is 0 Å². The fraction of sp³-hybridized carbons (Fsp3) is 0.231. The summed E-state index contributed by atoms with van der Waals surface area (Å²) in [5.41, 5.74) is 3.64. The maximum absolute atomic E-state index is 6.28. The van der Waals surface area contributed by atoms with Crippen LogP contribution in [0.1, 0.15) is 11.1 Å². The highest BCUT2D eigenvalue weighted by Gasteiger charge is 2.11. The Bertz CT molecular complexity index is 484. The van der Waals surface area contributed by atoms with E-state index < -0.39 is 0 Å². The maximum atomic E-state index is 6.28. The van der Waals surface area contributed by atoms with Crippen molar-refractivity contribution in [1.29, 1.82) is 0 Å². The summed E-state index contributed by atoms with van der Waals surface area (Å²) in [6, 6.07) is 8.17. The SMILES string of the molecule is CN(Cc1ccsc1)c1c(Cl)cccc1CBr. The van der Waals surface area contributed by atoms with Gasteiger partial charge in [0.1, 0.15) is 0 Å². The molecule has 17 heavy (non-hydrogen) atoms. The van der Waals surface area contributed by atoms with E-state index in [9.17, 15) is 0 Å². The molecule has 1 aromatic heterocycles. The van der Waals surface area contributed by atoms with Gasteiger partial charge in [0.25, 0.3) is 0 Å². The number of rotatable bonds is 4. The number of nitrogens with zero attached hydrogens (tertiary/aromatic N) is 1. The minimum Gasteiger partial charge on any atom is -0.369 e. The van der Waals surface area contributed by atoms with Crippen LogP contribution in [0.25, 0.3) is 0 Å². The second-order valence-electron chi connectivity index (χ2n) is 3.87. The fourth-order valence-corrected chi connectivity index (χ4v) is 3.28. The molecule has 0 aliphatic heterocycles. The van der Waals surface area contributed by atoms with Crippen LogP contribution in [0.3, 0.4) is 0 Å². The van der Waals surface area contributed by atoms with Crippen molar-refractivity contribution in [1.82, 2.24) is 0 Å². The van der Waals surface area contributed by atoms with Gasteiger partial charge in [-0.05, 0) is 34.0 Å². The Morgan fingerprint density at radius 2 is 2.18 bits per heavy atom. The van der Waals surface area contributed by atoms with E-state index in [2.05, 4.69) is 50.8 Å². The minimum absolute atomic E-state index is 0.805. The summed E-state index contributed by atoms with van der Waals surface area (Å²) in [5.74, 6) is 0. The monoisotopic (exact) mass is 329 g/mol. The Morgan fingerprint density at radius 3 is 2.82 bits per heavy atom. The van der Waals surface area contributed by atoms with Gasteiger partial charge in [-0.15, -0.1) is 0 Å². The van der Waals surface area contributed by atoms with Crippen molar-refractivity contribution in [3.8, 4) is 0 Å². The topological polar surface area (TPSA) is 3.24 Å². The van der Waals surface area contributed by atoms with Crippen LogP contribution in [0, 0.1) is 0 Å². The van der Waals surface area contributed by atoms with Gasteiger partial charge >= 0.3 is 0 Å². The number of halogens is 2. The zero-order valence-electron chi connectivity index (χ0n) is 9.49. The maximum Gasteiger partial charge on any atom is 0.0642 e. The van der Waals surface area contributed by atoms with Gasteiger partial charge in [0.2, 0.25) is 0 Å². The van der Waals surface area contributed by atoms with Crippen molar-refractivity contribution < 1.29 is 0 Å². The molecule has 0 radical (unpaired) electrons. The normalized spacial score (nSPS) is 10.5. The lowest BCUT2D eigenvalue weighted by Crippen LogP contribution is -2.17. The largest absolute Gasteiger partial charge is 0.369 e. The van der Waals surface area contributed by atoms with E-state index in [4.69, 9.17) is 11.6 Å². The summed E-state index contributed by atoms with van der Waals surface area (Å²) in [4.78, 5) is 2.20. The molecule has 0 saturated carbocycles. The zero-order chi connectivity index (χ0) is 12.3. The molecule has 1 aromatic carbocycles. The molecule has 0 aliphatic carbocycles. The summed E-state index contributed by atoms with van der Waals surface area (Å²) in [6.45, 7) is 0.882. The summed E-state index contributed by atoms with van der Waals surface area (Å²) in [7, 11) is 2.07. The molecule has 0 fully saturated rings. The lowest BCUT2D eigenvalue weighted by Gasteiger charge is -2.22. The van der Waals surface area contributed by atoms with Crippen LogP contribution < -0.4 is 4.90 Å². The van der Waals surface area contributed by atoms with Gasteiger partial charge in [-0.25, -0.2) is 0 Å².